The molecule has 90 valence electrons. The Bertz CT molecular complexity index is 497. The molecule has 0 aliphatic heterocycles. The maximum absolute atomic E-state index is 9.14. The van der Waals surface area contributed by atoms with Gasteiger partial charge in [-0.05, 0) is 23.1 Å². The Morgan fingerprint density at radius 1 is 1.18 bits per heavy atom. The molecule has 0 aliphatic rings. The van der Waals surface area contributed by atoms with Crippen molar-refractivity contribution >= 4 is 22.2 Å². The van der Waals surface area contributed by atoms with E-state index in [0.29, 0.717) is 5.13 Å². The molecule has 0 fully saturated rings. The molecule has 1 aromatic heterocycles. The molecule has 0 bridgehead atoms. The average molecular weight is 248 g/mol. The fraction of sp³-hybridized carbons (Fsp3) is 0.308. The van der Waals surface area contributed by atoms with Crippen molar-refractivity contribution in [2.24, 2.45) is 0 Å². The molecule has 0 atom stereocenters. The highest BCUT2D eigenvalue weighted by atomic mass is 32.1. The van der Waals surface area contributed by atoms with E-state index in [9.17, 15) is 0 Å². The van der Waals surface area contributed by atoms with Crippen LogP contribution >= 0.6 is 11.3 Å². The molecule has 17 heavy (non-hydrogen) atoms. The Morgan fingerprint density at radius 2 is 1.82 bits per heavy atom. The van der Waals surface area contributed by atoms with E-state index in [1.807, 2.05) is 12.1 Å². The van der Waals surface area contributed by atoms with Crippen LogP contribution in [-0.2, 0) is 5.41 Å². The average Bonchev–Trinajstić information content (AvgIpc) is 2.63. The molecule has 4 heteroatoms. The van der Waals surface area contributed by atoms with Gasteiger partial charge in [0.05, 0.1) is 5.38 Å². The summed E-state index contributed by atoms with van der Waals surface area (Å²) in [5, 5.41) is 14.6. The lowest BCUT2D eigenvalue weighted by Crippen LogP contribution is -2.10. The number of nitrogens with one attached hydrogen (secondary N) is 1. The van der Waals surface area contributed by atoms with E-state index in [-0.39, 0.29) is 11.3 Å². The number of thiazole rings is 1. The van der Waals surface area contributed by atoms with Gasteiger partial charge in [-0.25, -0.2) is 0 Å². The number of rotatable bonds is 2. The normalized spacial score (nSPS) is 11.5. The number of hydrogen-bond donors (Lipinski definition) is 2. The quantitative estimate of drug-likeness (QED) is 0.847. The molecule has 0 amide bonds. The second-order valence-corrected chi connectivity index (χ2v) is 5.82. The smallest absolute Gasteiger partial charge is 0.223 e. The van der Waals surface area contributed by atoms with Crippen molar-refractivity contribution in [3.8, 4) is 5.88 Å². The first kappa shape index (κ1) is 11.9. The summed E-state index contributed by atoms with van der Waals surface area (Å²) in [4.78, 5) is 3.94. The van der Waals surface area contributed by atoms with Crippen LogP contribution < -0.4 is 5.32 Å². The number of anilines is 2. The lowest BCUT2D eigenvalue weighted by atomic mass is 9.87. The van der Waals surface area contributed by atoms with E-state index in [1.165, 1.54) is 16.9 Å². The van der Waals surface area contributed by atoms with E-state index in [0.717, 1.165) is 5.69 Å². The molecule has 0 spiro atoms. The fourth-order valence-corrected chi connectivity index (χ4v) is 2.09. The van der Waals surface area contributed by atoms with Crippen LogP contribution in [-0.4, -0.2) is 10.1 Å². The summed E-state index contributed by atoms with van der Waals surface area (Å²) in [5.41, 5.74) is 2.44. The van der Waals surface area contributed by atoms with Crippen LogP contribution in [0, 0.1) is 0 Å². The third-order valence-electron chi connectivity index (χ3n) is 2.49. The minimum absolute atomic E-state index is 0.0591. The van der Waals surface area contributed by atoms with Crippen LogP contribution in [0.2, 0.25) is 0 Å². The predicted octanol–water partition coefficient (Wildman–Crippen LogP) is 3.89. The second-order valence-electron chi connectivity index (χ2n) is 4.96. The number of nitrogens with zero attached hydrogens (tertiary/aromatic N) is 1. The van der Waals surface area contributed by atoms with Crippen molar-refractivity contribution in [2.75, 3.05) is 5.32 Å². The molecule has 0 radical (unpaired) electrons. The summed E-state index contributed by atoms with van der Waals surface area (Å²) >= 11 is 1.38. The summed E-state index contributed by atoms with van der Waals surface area (Å²) in [7, 11) is 0. The largest absolute Gasteiger partial charge is 0.493 e. The first-order chi connectivity index (χ1) is 7.95. The van der Waals surface area contributed by atoms with Gasteiger partial charge in [0.25, 0.3) is 0 Å². The van der Waals surface area contributed by atoms with E-state index in [2.05, 4.69) is 43.2 Å². The van der Waals surface area contributed by atoms with Crippen molar-refractivity contribution in [3.05, 3.63) is 35.2 Å². The van der Waals surface area contributed by atoms with Crippen molar-refractivity contribution in [3.63, 3.8) is 0 Å². The van der Waals surface area contributed by atoms with Crippen LogP contribution in [0.25, 0.3) is 0 Å². The van der Waals surface area contributed by atoms with Gasteiger partial charge >= 0.3 is 0 Å². The first-order valence-corrected chi connectivity index (χ1v) is 6.35. The molecule has 2 aromatic rings. The fourth-order valence-electron chi connectivity index (χ4n) is 1.50. The Kier molecular flexibility index (Phi) is 3.07. The van der Waals surface area contributed by atoms with E-state index in [1.54, 1.807) is 5.38 Å². The Labute approximate surface area is 105 Å². The standard InChI is InChI=1S/C13H16N2OS/c1-13(2,3)9-4-6-10(7-5-9)14-12-15-11(16)8-17-12/h4-8,16H,1-3H3,(H,14,15). The van der Waals surface area contributed by atoms with Crippen LogP contribution in [0.3, 0.4) is 0 Å². The molecular weight excluding hydrogens is 232 g/mol. The third-order valence-corrected chi connectivity index (χ3v) is 3.24. The Morgan fingerprint density at radius 3 is 2.29 bits per heavy atom. The first-order valence-electron chi connectivity index (χ1n) is 5.47. The molecule has 2 rings (SSSR count). The van der Waals surface area contributed by atoms with E-state index in [4.69, 9.17) is 5.11 Å². The van der Waals surface area contributed by atoms with Gasteiger partial charge in [0.2, 0.25) is 5.88 Å². The molecule has 2 N–H and O–H groups in total. The lowest BCUT2D eigenvalue weighted by molar-refractivity contribution is 0.458. The van der Waals surface area contributed by atoms with Crippen LogP contribution in [0.1, 0.15) is 26.3 Å². The minimum atomic E-state index is 0.0591. The van der Waals surface area contributed by atoms with Gasteiger partial charge in [0.1, 0.15) is 0 Å². The Balaban J connectivity index is 2.13. The summed E-state index contributed by atoms with van der Waals surface area (Å²) in [6, 6.07) is 8.27. The molecular formula is C13H16N2OS. The third kappa shape index (κ3) is 2.97. The summed E-state index contributed by atoms with van der Waals surface area (Å²) < 4.78 is 0. The van der Waals surface area contributed by atoms with E-state index >= 15 is 0 Å². The van der Waals surface area contributed by atoms with Crippen LogP contribution in [0.15, 0.2) is 29.6 Å². The number of hydrogen-bond acceptors (Lipinski definition) is 4. The zero-order valence-corrected chi connectivity index (χ0v) is 11.0. The second kappa shape index (κ2) is 4.37. The highest BCUT2D eigenvalue weighted by molar-refractivity contribution is 7.13. The highest BCUT2D eigenvalue weighted by Gasteiger charge is 2.12. The summed E-state index contributed by atoms with van der Waals surface area (Å²) in [5.74, 6) is 0.0591. The molecule has 1 heterocycles. The van der Waals surface area contributed by atoms with Gasteiger partial charge in [0.15, 0.2) is 5.13 Å². The van der Waals surface area contributed by atoms with E-state index < -0.39 is 0 Å². The van der Waals surface area contributed by atoms with Crippen molar-refractivity contribution < 1.29 is 5.11 Å². The van der Waals surface area contributed by atoms with Gasteiger partial charge in [0, 0.05) is 5.69 Å². The molecule has 0 saturated carbocycles. The number of aromatic hydroxyl groups is 1. The summed E-state index contributed by atoms with van der Waals surface area (Å²) in [6.45, 7) is 6.57. The minimum Gasteiger partial charge on any atom is -0.493 e. The van der Waals surface area contributed by atoms with Crippen molar-refractivity contribution in [1.29, 1.82) is 0 Å². The van der Waals surface area contributed by atoms with Gasteiger partial charge in [-0.15, -0.1) is 11.3 Å². The maximum Gasteiger partial charge on any atom is 0.223 e. The monoisotopic (exact) mass is 248 g/mol. The van der Waals surface area contributed by atoms with Gasteiger partial charge in [-0.3, -0.25) is 0 Å². The Hall–Kier alpha value is -1.55. The topological polar surface area (TPSA) is 45.2 Å². The molecule has 1 aromatic carbocycles. The molecule has 3 nitrogen and oxygen atoms in total. The highest BCUT2D eigenvalue weighted by Crippen LogP contribution is 2.26. The molecule has 0 saturated heterocycles. The zero-order valence-electron chi connectivity index (χ0n) is 10.2. The van der Waals surface area contributed by atoms with Crippen molar-refractivity contribution in [2.45, 2.75) is 26.2 Å². The lowest BCUT2D eigenvalue weighted by Gasteiger charge is -2.19. The number of aromatic nitrogens is 1. The number of benzene rings is 1. The zero-order chi connectivity index (χ0) is 12.5. The van der Waals surface area contributed by atoms with Crippen LogP contribution in [0.5, 0.6) is 5.88 Å². The van der Waals surface area contributed by atoms with Gasteiger partial charge in [-0.1, -0.05) is 32.9 Å². The maximum atomic E-state index is 9.14. The predicted molar refractivity (Wildman–Crippen MR) is 72.2 cm³/mol. The molecule has 0 aliphatic carbocycles. The molecule has 0 unspecified atom stereocenters. The van der Waals surface area contributed by atoms with Crippen molar-refractivity contribution in [1.82, 2.24) is 4.98 Å². The van der Waals surface area contributed by atoms with Gasteiger partial charge in [-0.2, -0.15) is 4.98 Å². The SMILES string of the molecule is CC(C)(C)c1ccc(Nc2nc(O)cs2)cc1. The summed E-state index contributed by atoms with van der Waals surface area (Å²) in [6.07, 6.45) is 0. The van der Waals surface area contributed by atoms with Gasteiger partial charge < -0.3 is 10.4 Å². The van der Waals surface area contributed by atoms with Crippen LogP contribution in [0.4, 0.5) is 10.8 Å².